The standard InChI is InChI=1S/C30H28F6N2O5S/c1-16(37(2)44(42,43)28-26(35)24(33)23(32)25(34)27(28)36)29(39)38(22-13-12-20(30(40)41)14-21(22)31)15-17-8-10-19(11-9-17)18-6-4-3-5-7-18/h8-14,16,18H,3-7,15H2,1-2H3,(H,40,41)/t16-/m1/s1. The van der Waals surface area contributed by atoms with Crippen LogP contribution in [0.25, 0.3) is 0 Å². The van der Waals surface area contributed by atoms with E-state index >= 15 is 4.39 Å². The highest BCUT2D eigenvalue weighted by Crippen LogP contribution is 2.34. The maximum Gasteiger partial charge on any atom is 0.335 e. The molecule has 0 saturated heterocycles. The van der Waals surface area contributed by atoms with Crippen molar-refractivity contribution in [3.05, 3.63) is 94.1 Å². The number of anilines is 1. The Labute approximate surface area is 249 Å². The van der Waals surface area contributed by atoms with Crippen molar-refractivity contribution in [2.75, 3.05) is 11.9 Å². The van der Waals surface area contributed by atoms with E-state index in [0.29, 0.717) is 24.6 Å². The van der Waals surface area contributed by atoms with E-state index in [1.165, 1.54) is 0 Å². The highest BCUT2D eigenvalue weighted by atomic mass is 32.2. The maximum atomic E-state index is 15.2. The largest absolute Gasteiger partial charge is 0.478 e. The van der Waals surface area contributed by atoms with Gasteiger partial charge >= 0.3 is 5.97 Å². The summed E-state index contributed by atoms with van der Waals surface area (Å²) in [6.07, 6.45) is 5.39. The lowest BCUT2D eigenvalue weighted by molar-refractivity contribution is -0.121. The first-order chi connectivity index (χ1) is 20.7. The zero-order valence-electron chi connectivity index (χ0n) is 23.6. The van der Waals surface area contributed by atoms with Crippen LogP contribution in [0.4, 0.5) is 32.0 Å². The van der Waals surface area contributed by atoms with Gasteiger partial charge in [-0.1, -0.05) is 43.5 Å². The van der Waals surface area contributed by atoms with E-state index in [4.69, 9.17) is 0 Å². The number of rotatable bonds is 9. The topological polar surface area (TPSA) is 95.0 Å². The molecular formula is C30H28F6N2O5S. The Kier molecular flexibility index (Phi) is 9.74. The number of nitrogens with zero attached hydrogens (tertiary/aromatic N) is 2. The maximum absolute atomic E-state index is 15.2. The molecule has 1 saturated carbocycles. The molecule has 236 valence electrons. The minimum absolute atomic E-state index is 0.107. The Morgan fingerprint density at radius 3 is 1.93 bits per heavy atom. The van der Waals surface area contributed by atoms with Gasteiger partial charge in [0.25, 0.3) is 0 Å². The molecule has 0 radical (unpaired) electrons. The molecule has 3 aromatic rings. The van der Waals surface area contributed by atoms with E-state index in [9.17, 15) is 45.1 Å². The Morgan fingerprint density at radius 2 is 1.41 bits per heavy atom. The molecule has 0 heterocycles. The second-order valence-electron chi connectivity index (χ2n) is 10.6. The summed E-state index contributed by atoms with van der Waals surface area (Å²) in [7, 11) is -4.83. The van der Waals surface area contributed by atoms with Gasteiger partial charge in [0.15, 0.2) is 28.2 Å². The monoisotopic (exact) mass is 642 g/mol. The minimum atomic E-state index is -5.52. The van der Waals surface area contributed by atoms with Crippen LogP contribution < -0.4 is 4.90 Å². The van der Waals surface area contributed by atoms with Crippen molar-refractivity contribution < 1.29 is 49.5 Å². The van der Waals surface area contributed by atoms with Gasteiger partial charge in [-0.25, -0.2) is 39.6 Å². The van der Waals surface area contributed by atoms with Gasteiger partial charge in [-0.2, -0.15) is 4.31 Å². The molecule has 1 aliphatic carbocycles. The number of hydrogen-bond donors (Lipinski definition) is 1. The number of carboxylic acid groups (broad SMARTS) is 1. The number of sulfonamides is 1. The molecule has 0 aliphatic heterocycles. The lowest BCUT2D eigenvalue weighted by Gasteiger charge is -2.31. The van der Waals surface area contributed by atoms with Gasteiger partial charge in [-0.05, 0) is 55.0 Å². The second kappa shape index (κ2) is 13.0. The molecule has 0 bridgehead atoms. The van der Waals surface area contributed by atoms with Crippen LogP contribution in [0, 0.1) is 34.9 Å². The smallest absolute Gasteiger partial charge is 0.335 e. The Hall–Kier alpha value is -3.91. The summed E-state index contributed by atoms with van der Waals surface area (Å²) in [5.74, 6) is -16.1. The van der Waals surface area contributed by atoms with E-state index in [0.717, 1.165) is 61.6 Å². The number of carboxylic acids is 1. The summed E-state index contributed by atoms with van der Waals surface area (Å²) in [5, 5.41) is 9.22. The molecule has 4 rings (SSSR count). The number of halogens is 6. The number of carbonyl (C=O) groups is 2. The van der Waals surface area contributed by atoms with Gasteiger partial charge in [-0.15, -0.1) is 0 Å². The molecule has 44 heavy (non-hydrogen) atoms. The Balaban J connectivity index is 1.71. The highest BCUT2D eigenvalue weighted by Gasteiger charge is 2.40. The first-order valence-corrected chi connectivity index (χ1v) is 15.0. The predicted octanol–water partition coefficient (Wildman–Crippen LogP) is 6.51. The fourth-order valence-electron chi connectivity index (χ4n) is 5.20. The van der Waals surface area contributed by atoms with Crippen molar-refractivity contribution in [1.82, 2.24) is 4.31 Å². The molecule has 3 aromatic carbocycles. The van der Waals surface area contributed by atoms with Crippen molar-refractivity contribution in [2.24, 2.45) is 0 Å². The van der Waals surface area contributed by atoms with Crippen LogP contribution in [-0.4, -0.2) is 42.8 Å². The summed E-state index contributed by atoms with van der Waals surface area (Å²) in [4.78, 5) is 23.7. The molecule has 1 aliphatic rings. The first kappa shape index (κ1) is 33.0. The lowest BCUT2D eigenvalue weighted by Crippen LogP contribution is -2.48. The van der Waals surface area contributed by atoms with Crippen LogP contribution in [0.1, 0.15) is 66.4 Å². The first-order valence-electron chi connectivity index (χ1n) is 13.6. The summed E-state index contributed by atoms with van der Waals surface area (Å²) in [6, 6.07) is 7.94. The minimum Gasteiger partial charge on any atom is -0.478 e. The van der Waals surface area contributed by atoms with Crippen LogP contribution in [0.15, 0.2) is 47.4 Å². The van der Waals surface area contributed by atoms with Crippen LogP contribution in [-0.2, 0) is 21.4 Å². The van der Waals surface area contributed by atoms with E-state index in [2.05, 4.69) is 0 Å². The van der Waals surface area contributed by atoms with Crippen LogP contribution >= 0.6 is 0 Å². The number of carbonyl (C=O) groups excluding carboxylic acids is 1. The number of amides is 1. The van der Waals surface area contributed by atoms with Crippen LogP contribution in [0.2, 0.25) is 0 Å². The Bertz CT molecular complexity index is 1670. The molecule has 7 nitrogen and oxygen atoms in total. The van der Waals surface area contributed by atoms with Gasteiger partial charge in [0, 0.05) is 7.05 Å². The third-order valence-electron chi connectivity index (χ3n) is 7.86. The van der Waals surface area contributed by atoms with E-state index in [1.807, 2.05) is 12.1 Å². The molecule has 14 heteroatoms. The SMILES string of the molecule is C[C@H](C(=O)N(Cc1ccc(C2CCCCC2)cc1)c1ccc(C(=O)O)cc1F)N(C)S(=O)(=O)c1c(F)c(F)c(F)c(F)c1F. The Morgan fingerprint density at radius 1 is 0.864 bits per heavy atom. The molecule has 1 atom stereocenters. The van der Waals surface area contributed by atoms with Gasteiger partial charge in [0.1, 0.15) is 11.9 Å². The highest BCUT2D eigenvalue weighted by molar-refractivity contribution is 7.89. The molecule has 1 N–H and O–H groups in total. The van der Waals surface area contributed by atoms with Gasteiger partial charge in [0.05, 0.1) is 17.8 Å². The van der Waals surface area contributed by atoms with E-state index in [-0.39, 0.29) is 10.8 Å². The average molecular weight is 643 g/mol. The van der Waals surface area contributed by atoms with Crippen molar-refractivity contribution in [1.29, 1.82) is 0 Å². The fraction of sp³-hybridized carbons (Fsp3) is 0.333. The summed E-state index contributed by atoms with van der Waals surface area (Å²) in [5.41, 5.74) is 0.683. The predicted molar refractivity (Wildman–Crippen MR) is 147 cm³/mol. The molecule has 1 amide bonds. The van der Waals surface area contributed by atoms with Crippen LogP contribution in [0.3, 0.4) is 0 Å². The number of benzene rings is 3. The van der Waals surface area contributed by atoms with Gasteiger partial charge in [0.2, 0.25) is 21.7 Å². The van der Waals surface area contributed by atoms with Crippen molar-refractivity contribution in [3.8, 4) is 0 Å². The third kappa shape index (κ3) is 6.32. The fourth-order valence-corrected chi connectivity index (χ4v) is 6.63. The number of aromatic carboxylic acids is 1. The normalized spacial score (nSPS) is 14.9. The van der Waals surface area contributed by atoms with Gasteiger partial charge in [-0.3, -0.25) is 4.79 Å². The summed E-state index contributed by atoms with van der Waals surface area (Å²) in [6.45, 7) is 0.641. The van der Waals surface area contributed by atoms with Crippen molar-refractivity contribution in [2.45, 2.75) is 62.4 Å². The van der Waals surface area contributed by atoms with Gasteiger partial charge < -0.3 is 10.0 Å². The van der Waals surface area contributed by atoms with Crippen molar-refractivity contribution in [3.63, 3.8) is 0 Å². The molecule has 1 fully saturated rings. The number of hydrogen-bond acceptors (Lipinski definition) is 4. The lowest BCUT2D eigenvalue weighted by atomic mass is 9.84. The van der Waals surface area contributed by atoms with E-state index in [1.54, 1.807) is 12.1 Å². The average Bonchev–Trinajstić information content (AvgIpc) is 3.01. The van der Waals surface area contributed by atoms with E-state index < -0.39 is 79.0 Å². The summed E-state index contributed by atoms with van der Waals surface area (Å²) < 4.78 is 112. The zero-order chi connectivity index (χ0) is 32.5. The number of likely N-dealkylation sites (N-methyl/N-ethyl adjacent to an activating group) is 1. The molecular weight excluding hydrogens is 614 g/mol. The zero-order valence-corrected chi connectivity index (χ0v) is 24.4. The molecule has 0 aromatic heterocycles. The molecule has 0 unspecified atom stereocenters. The molecule has 0 spiro atoms. The summed E-state index contributed by atoms with van der Waals surface area (Å²) >= 11 is 0. The quantitative estimate of drug-likeness (QED) is 0.163. The second-order valence-corrected chi connectivity index (χ2v) is 12.5. The third-order valence-corrected chi connectivity index (χ3v) is 9.81. The van der Waals surface area contributed by atoms with Crippen molar-refractivity contribution >= 4 is 27.6 Å². The van der Waals surface area contributed by atoms with Crippen LogP contribution in [0.5, 0.6) is 0 Å².